The van der Waals surface area contributed by atoms with E-state index in [1.54, 1.807) is 0 Å². The molecule has 1 N–H and O–H groups in total. The van der Waals surface area contributed by atoms with Crippen molar-refractivity contribution >= 4 is 11.6 Å². The van der Waals surface area contributed by atoms with Gasteiger partial charge in [-0.3, -0.25) is 4.90 Å². The van der Waals surface area contributed by atoms with Crippen LogP contribution in [0.15, 0.2) is 42.7 Å². The van der Waals surface area contributed by atoms with E-state index in [1.807, 2.05) is 12.4 Å². The summed E-state index contributed by atoms with van der Waals surface area (Å²) < 4.78 is 0. The van der Waals surface area contributed by atoms with E-state index in [0.29, 0.717) is 5.41 Å². The Morgan fingerprint density at radius 2 is 1.55 bits per heavy atom. The molecule has 4 rings (SSSR count). The first-order valence-corrected chi connectivity index (χ1v) is 11.6. The number of nitrogens with zero attached hydrogens (tertiary/aromatic N) is 5. The molecule has 1 aromatic heterocycles. The molecule has 0 atom stereocenters. The zero-order chi connectivity index (χ0) is 21.9. The minimum Gasteiger partial charge on any atom is -0.372 e. The van der Waals surface area contributed by atoms with Gasteiger partial charge in [0.15, 0.2) is 0 Å². The molecule has 1 aromatic carbocycles. The van der Waals surface area contributed by atoms with Crippen molar-refractivity contribution in [1.29, 1.82) is 0 Å². The van der Waals surface area contributed by atoms with Gasteiger partial charge in [0, 0.05) is 45.3 Å². The summed E-state index contributed by atoms with van der Waals surface area (Å²) in [6.45, 7) is 7.43. The van der Waals surface area contributed by atoms with Gasteiger partial charge in [-0.05, 0) is 50.8 Å². The molecule has 168 valence electrons. The predicted octanol–water partition coefficient (Wildman–Crippen LogP) is 3.36. The third-order valence-electron chi connectivity index (χ3n) is 7.54. The van der Waals surface area contributed by atoms with Crippen LogP contribution in [-0.2, 0) is 5.54 Å². The molecule has 0 bridgehead atoms. The van der Waals surface area contributed by atoms with Gasteiger partial charge >= 0.3 is 0 Å². The third-order valence-corrected chi connectivity index (χ3v) is 7.54. The number of benzene rings is 1. The lowest BCUT2D eigenvalue weighted by Gasteiger charge is -2.50. The topological polar surface area (TPSA) is 47.5 Å². The number of nitrogens with one attached hydrogen (secondary N) is 1. The quantitative estimate of drug-likeness (QED) is 0.770. The van der Waals surface area contributed by atoms with Gasteiger partial charge in [-0.25, -0.2) is 9.97 Å². The Morgan fingerprint density at radius 3 is 2.13 bits per heavy atom. The lowest BCUT2D eigenvalue weighted by molar-refractivity contribution is 0.0457. The normalized spacial score (nSPS) is 26.8. The highest BCUT2D eigenvalue weighted by molar-refractivity contribution is 5.45. The Hall–Kier alpha value is -2.18. The van der Waals surface area contributed by atoms with Crippen molar-refractivity contribution in [3.63, 3.8) is 0 Å². The van der Waals surface area contributed by atoms with E-state index in [0.717, 1.165) is 44.4 Å². The Balaban J connectivity index is 1.40. The summed E-state index contributed by atoms with van der Waals surface area (Å²) in [6.07, 6.45) is 8.78. The molecule has 6 heteroatoms. The Bertz CT molecular complexity index is 821. The van der Waals surface area contributed by atoms with E-state index in [4.69, 9.17) is 0 Å². The van der Waals surface area contributed by atoms with Crippen molar-refractivity contribution in [3.05, 3.63) is 48.3 Å². The standard InChI is InChI=1S/C25H38N6/c1-24(10-12-25(13-11-24,29(2)3)21-8-6-5-7-9-21)20-30(4)22-18-27-23(28-19-22)31-16-14-26-15-17-31/h5-9,18-19,26H,10-17,20H2,1-4H3/t24-,25-. The third kappa shape index (κ3) is 4.70. The van der Waals surface area contributed by atoms with Crippen molar-refractivity contribution in [2.45, 2.75) is 38.1 Å². The van der Waals surface area contributed by atoms with E-state index in [-0.39, 0.29) is 5.54 Å². The molecule has 1 saturated heterocycles. The molecule has 0 amide bonds. The van der Waals surface area contributed by atoms with E-state index in [1.165, 1.54) is 31.2 Å². The smallest absolute Gasteiger partial charge is 0.225 e. The molecule has 0 spiro atoms. The maximum Gasteiger partial charge on any atom is 0.225 e. The van der Waals surface area contributed by atoms with Crippen LogP contribution in [0.2, 0.25) is 0 Å². The molecular formula is C25H38N6. The van der Waals surface area contributed by atoms with Crippen LogP contribution in [0.25, 0.3) is 0 Å². The lowest BCUT2D eigenvalue weighted by atomic mass is 9.65. The van der Waals surface area contributed by atoms with E-state index >= 15 is 0 Å². The molecule has 2 aromatic rings. The fraction of sp³-hybridized carbons (Fsp3) is 0.600. The van der Waals surface area contributed by atoms with Gasteiger partial charge in [0.2, 0.25) is 5.95 Å². The average Bonchev–Trinajstić information content (AvgIpc) is 2.81. The molecule has 31 heavy (non-hydrogen) atoms. The summed E-state index contributed by atoms with van der Waals surface area (Å²) in [7, 11) is 6.65. The first-order chi connectivity index (χ1) is 14.9. The van der Waals surface area contributed by atoms with Crippen LogP contribution in [0.1, 0.15) is 38.2 Å². The second kappa shape index (κ2) is 9.13. The molecule has 1 aliphatic carbocycles. The van der Waals surface area contributed by atoms with Gasteiger partial charge in [0.05, 0.1) is 18.1 Å². The van der Waals surface area contributed by atoms with Gasteiger partial charge in [-0.2, -0.15) is 0 Å². The van der Waals surface area contributed by atoms with Crippen molar-refractivity contribution < 1.29 is 0 Å². The van der Waals surface area contributed by atoms with Crippen molar-refractivity contribution in [2.24, 2.45) is 5.41 Å². The van der Waals surface area contributed by atoms with E-state index in [2.05, 4.69) is 88.4 Å². The van der Waals surface area contributed by atoms with E-state index in [9.17, 15) is 0 Å². The van der Waals surface area contributed by atoms with Gasteiger partial charge in [-0.15, -0.1) is 0 Å². The number of anilines is 2. The van der Waals surface area contributed by atoms with Crippen LogP contribution >= 0.6 is 0 Å². The average molecular weight is 423 g/mol. The highest BCUT2D eigenvalue weighted by atomic mass is 15.3. The van der Waals surface area contributed by atoms with E-state index < -0.39 is 0 Å². The Labute approximate surface area is 187 Å². The number of piperazine rings is 1. The second-order valence-electron chi connectivity index (χ2n) is 9.94. The summed E-state index contributed by atoms with van der Waals surface area (Å²) in [5, 5.41) is 3.38. The second-order valence-corrected chi connectivity index (χ2v) is 9.94. The van der Waals surface area contributed by atoms with Crippen LogP contribution in [-0.4, -0.2) is 68.7 Å². The molecule has 1 aliphatic heterocycles. The van der Waals surface area contributed by atoms with Crippen LogP contribution in [0.4, 0.5) is 11.6 Å². The molecule has 1 saturated carbocycles. The van der Waals surface area contributed by atoms with Crippen LogP contribution in [0, 0.1) is 5.41 Å². The SMILES string of the molecule is CN(C[C@]1(C)CC[C@@](c2ccccc2)(N(C)C)CC1)c1cnc(N2CCNCC2)nc1. The molecule has 2 fully saturated rings. The van der Waals surface area contributed by atoms with Crippen molar-refractivity contribution in [3.8, 4) is 0 Å². The van der Waals surface area contributed by atoms with Crippen LogP contribution in [0.3, 0.4) is 0 Å². The molecule has 2 aliphatic rings. The lowest BCUT2D eigenvalue weighted by Crippen LogP contribution is -2.48. The highest BCUT2D eigenvalue weighted by Crippen LogP contribution is 2.48. The van der Waals surface area contributed by atoms with Crippen molar-refractivity contribution in [2.75, 3.05) is 63.7 Å². The molecule has 0 unspecified atom stereocenters. The minimum atomic E-state index is 0.146. The summed E-state index contributed by atoms with van der Waals surface area (Å²) in [4.78, 5) is 16.4. The zero-order valence-electron chi connectivity index (χ0n) is 19.6. The van der Waals surface area contributed by atoms with Gasteiger partial charge < -0.3 is 15.1 Å². The minimum absolute atomic E-state index is 0.146. The maximum absolute atomic E-state index is 4.66. The Morgan fingerprint density at radius 1 is 0.935 bits per heavy atom. The first-order valence-electron chi connectivity index (χ1n) is 11.6. The van der Waals surface area contributed by atoms with Crippen LogP contribution in [0.5, 0.6) is 0 Å². The fourth-order valence-corrected chi connectivity index (χ4v) is 5.37. The largest absolute Gasteiger partial charge is 0.372 e. The number of rotatable bonds is 6. The molecule has 6 nitrogen and oxygen atoms in total. The summed E-state index contributed by atoms with van der Waals surface area (Å²) in [5.74, 6) is 0.848. The number of hydrogen-bond acceptors (Lipinski definition) is 6. The molecular weight excluding hydrogens is 384 g/mol. The maximum atomic E-state index is 4.66. The van der Waals surface area contributed by atoms with Gasteiger partial charge in [0.1, 0.15) is 0 Å². The molecule has 0 radical (unpaired) electrons. The monoisotopic (exact) mass is 422 g/mol. The summed E-state index contributed by atoms with van der Waals surface area (Å²) >= 11 is 0. The van der Waals surface area contributed by atoms with Crippen LogP contribution < -0.4 is 15.1 Å². The van der Waals surface area contributed by atoms with Gasteiger partial charge in [0.25, 0.3) is 0 Å². The summed E-state index contributed by atoms with van der Waals surface area (Å²) in [6, 6.07) is 11.1. The van der Waals surface area contributed by atoms with Crippen molar-refractivity contribution in [1.82, 2.24) is 20.2 Å². The number of hydrogen-bond donors (Lipinski definition) is 1. The highest BCUT2D eigenvalue weighted by Gasteiger charge is 2.43. The zero-order valence-corrected chi connectivity index (χ0v) is 19.6. The fourth-order valence-electron chi connectivity index (χ4n) is 5.37. The Kier molecular flexibility index (Phi) is 6.49. The first kappa shape index (κ1) is 22.0. The van der Waals surface area contributed by atoms with Gasteiger partial charge in [-0.1, -0.05) is 37.3 Å². The molecule has 2 heterocycles. The predicted molar refractivity (Wildman–Crippen MR) is 129 cm³/mol. The number of aromatic nitrogens is 2. The summed E-state index contributed by atoms with van der Waals surface area (Å²) in [5.41, 5.74) is 2.99.